The first-order valence-corrected chi connectivity index (χ1v) is 9.04. The molecule has 0 radical (unpaired) electrons. The lowest BCUT2D eigenvalue weighted by molar-refractivity contribution is -0.135. The Morgan fingerprint density at radius 2 is 2.12 bits per heavy atom. The van der Waals surface area contributed by atoms with Gasteiger partial charge in [0.15, 0.2) is 0 Å². The summed E-state index contributed by atoms with van der Waals surface area (Å²) in [5.41, 5.74) is 2.27. The summed E-state index contributed by atoms with van der Waals surface area (Å²) in [6, 6.07) is 6.16. The van der Waals surface area contributed by atoms with Crippen LogP contribution in [-0.4, -0.2) is 43.1 Å². The smallest absolute Gasteiger partial charge is 0.225 e. The number of ether oxygens (including phenoxy) is 1. The third-order valence-corrected chi connectivity index (χ3v) is 4.90. The lowest BCUT2D eigenvalue weighted by Gasteiger charge is -2.34. The van der Waals surface area contributed by atoms with E-state index in [0.717, 1.165) is 48.8 Å². The highest BCUT2D eigenvalue weighted by atomic mass is 35.5. The third kappa shape index (κ3) is 4.11. The fourth-order valence-corrected chi connectivity index (χ4v) is 3.42. The second-order valence-corrected chi connectivity index (χ2v) is 7.35. The number of rotatable bonds is 4. The standard InChI is InChI=1S/C19H25ClN2O2/c1-13(2)19(23)22-7-5-17(6-8-22)21-11-14-9-15-10-16(20)3-4-18(15)24-12-14/h3-4,9-10,13,17,21H,5-8,11-12H2,1-2H3. The quantitative estimate of drug-likeness (QED) is 0.907. The van der Waals surface area contributed by atoms with E-state index < -0.39 is 0 Å². The molecular formula is C19H25ClN2O2. The first-order valence-electron chi connectivity index (χ1n) is 8.67. The predicted octanol–water partition coefficient (Wildman–Crippen LogP) is 3.35. The van der Waals surface area contributed by atoms with Gasteiger partial charge in [-0.05, 0) is 42.7 Å². The topological polar surface area (TPSA) is 41.6 Å². The van der Waals surface area contributed by atoms with Gasteiger partial charge in [-0.15, -0.1) is 0 Å². The zero-order chi connectivity index (χ0) is 17.1. The predicted molar refractivity (Wildman–Crippen MR) is 97.4 cm³/mol. The number of benzene rings is 1. The molecule has 5 heteroatoms. The Bertz CT molecular complexity index is 634. The Hall–Kier alpha value is -1.52. The Labute approximate surface area is 148 Å². The number of amides is 1. The number of nitrogens with one attached hydrogen (secondary N) is 1. The summed E-state index contributed by atoms with van der Waals surface area (Å²) in [6.45, 7) is 7.06. The Morgan fingerprint density at radius 3 is 2.83 bits per heavy atom. The first-order chi connectivity index (χ1) is 11.5. The molecule has 1 N–H and O–H groups in total. The van der Waals surface area contributed by atoms with Crippen LogP contribution in [0.5, 0.6) is 5.75 Å². The highest BCUT2D eigenvalue weighted by Gasteiger charge is 2.24. The maximum absolute atomic E-state index is 12.0. The molecule has 1 amide bonds. The third-order valence-electron chi connectivity index (χ3n) is 4.66. The Kier molecular flexibility index (Phi) is 5.47. The van der Waals surface area contributed by atoms with E-state index in [1.165, 1.54) is 5.57 Å². The lowest BCUT2D eigenvalue weighted by Crippen LogP contribution is -2.46. The van der Waals surface area contributed by atoms with Crippen molar-refractivity contribution in [2.75, 3.05) is 26.2 Å². The van der Waals surface area contributed by atoms with Crippen LogP contribution in [0, 0.1) is 5.92 Å². The summed E-state index contributed by atoms with van der Waals surface area (Å²) in [4.78, 5) is 14.0. The van der Waals surface area contributed by atoms with Crippen LogP contribution in [0.1, 0.15) is 32.3 Å². The van der Waals surface area contributed by atoms with Gasteiger partial charge in [0, 0.05) is 42.2 Å². The van der Waals surface area contributed by atoms with Crippen molar-refractivity contribution in [1.82, 2.24) is 10.2 Å². The number of carbonyl (C=O) groups is 1. The van der Waals surface area contributed by atoms with Gasteiger partial charge in [-0.25, -0.2) is 0 Å². The molecule has 1 aromatic carbocycles. The number of likely N-dealkylation sites (tertiary alicyclic amines) is 1. The summed E-state index contributed by atoms with van der Waals surface area (Å²) in [7, 11) is 0. The molecule has 1 aromatic rings. The van der Waals surface area contributed by atoms with E-state index in [1.807, 2.05) is 36.9 Å². The number of hydrogen-bond acceptors (Lipinski definition) is 3. The highest BCUT2D eigenvalue weighted by molar-refractivity contribution is 6.30. The van der Waals surface area contributed by atoms with Crippen LogP contribution in [0.25, 0.3) is 6.08 Å². The largest absolute Gasteiger partial charge is 0.489 e. The zero-order valence-corrected chi connectivity index (χ0v) is 15.1. The van der Waals surface area contributed by atoms with E-state index in [1.54, 1.807) is 0 Å². The second kappa shape index (κ2) is 7.58. The van der Waals surface area contributed by atoms with Crippen molar-refractivity contribution in [1.29, 1.82) is 0 Å². The minimum atomic E-state index is 0.0888. The van der Waals surface area contributed by atoms with E-state index in [4.69, 9.17) is 16.3 Å². The molecule has 4 nitrogen and oxygen atoms in total. The van der Waals surface area contributed by atoms with Gasteiger partial charge in [0.25, 0.3) is 0 Å². The van der Waals surface area contributed by atoms with Gasteiger partial charge in [0.2, 0.25) is 5.91 Å². The maximum Gasteiger partial charge on any atom is 0.225 e. The lowest BCUT2D eigenvalue weighted by atomic mass is 10.0. The molecule has 0 atom stereocenters. The molecule has 3 rings (SSSR count). The molecule has 1 fully saturated rings. The van der Waals surface area contributed by atoms with Gasteiger partial charge >= 0.3 is 0 Å². The molecule has 0 bridgehead atoms. The van der Waals surface area contributed by atoms with Crippen molar-refractivity contribution in [3.8, 4) is 5.75 Å². The van der Waals surface area contributed by atoms with Crippen LogP contribution in [0.15, 0.2) is 23.8 Å². The van der Waals surface area contributed by atoms with E-state index >= 15 is 0 Å². The molecule has 0 aromatic heterocycles. The van der Waals surface area contributed by atoms with Gasteiger partial charge < -0.3 is 15.0 Å². The van der Waals surface area contributed by atoms with E-state index in [-0.39, 0.29) is 11.8 Å². The van der Waals surface area contributed by atoms with Gasteiger partial charge in [-0.2, -0.15) is 0 Å². The molecule has 2 aliphatic rings. The minimum absolute atomic E-state index is 0.0888. The van der Waals surface area contributed by atoms with E-state index in [0.29, 0.717) is 12.6 Å². The molecule has 130 valence electrons. The van der Waals surface area contributed by atoms with E-state index in [9.17, 15) is 4.79 Å². The van der Waals surface area contributed by atoms with Crippen molar-refractivity contribution in [2.45, 2.75) is 32.7 Å². The summed E-state index contributed by atoms with van der Waals surface area (Å²) in [6.07, 6.45) is 4.18. The Morgan fingerprint density at radius 1 is 1.38 bits per heavy atom. The van der Waals surface area contributed by atoms with Gasteiger partial charge in [-0.3, -0.25) is 4.79 Å². The minimum Gasteiger partial charge on any atom is -0.489 e. The molecule has 0 saturated carbocycles. The number of fused-ring (bicyclic) bond motifs is 1. The molecule has 2 aliphatic heterocycles. The van der Waals surface area contributed by atoms with Gasteiger partial charge in [0.05, 0.1) is 0 Å². The first kappa shape index (κ1) is 17.3. The monoisotopic (exact) mass is 348 g/mol. The number of piperidine rings is 1. The van der Waals surface area contributed by atoms with Crippen molar-refractivity contribution in [3.63, 3.8) is 0 Å². The summed E-state index contributed by atoms with van der Waals surface area (Å²) >= 11 is 6.05. The molecule has 0 unspecified atom stereocenters. The average Bonchev–Trinajstić information content (AvgIpc) is 2.59. The molecular weight excluding hydrogens is 324 g/mol. The molecule has 0 spiro atoms. The van der Waals surface area contributed by atoms with Crippen LogP contribution in [0.2, 0.25) is 5.02 Å². The van der Waals surface area contributed by atoms with Crippen molar-refractivity contribution >= 4 is 23.6 Å². The van der Waals surface area contributed by atoms with E-state index in [2.05, 4.69) is 11.4 Å². The van der Waals surface area contributed by atoms with Crippen molar-refractivity contribution in [3.05, 3.63) is 34.4 Å². The maximum atomic E-state index is 12.0. The fraction of sp³-hybridized carbons (Fsp3) is 0.526. The molecule has 24 heavy (non-hydrogen) atoms. The van der Waals surface area contributed by atoms with Crippen LogP contribution < -0.4 is 10.1 Å². The number of halogens is 1. The summed E-state index contributed by atoms with van der Waals surface area (Å²) in [5, 5.41) is 4.33. The van der Waals surface area contributed by atoms with Gasteiger partial charge in [0.1, 0.15) is 12.4 Å². The fourth-order valence-electron chi connectivity index (χ4n) is 3.24. The van der Waals surface area contributed by atoms with Crippen LogP contribution >= 0.6 is 11.6 Å². The van der Waals surface area contributed by atoms with Crippen LogP contribution in [0.4, 0.5) is 0 Å². The average molecular weight is 349 g/mol. The highest BCUT2D eigenvalue weighted by Crippen LogP contribution is 2.28. The second-order valence-electron chi connectivity index (χ2n) is 6.91. The van der Waals surface area contributed by atoms with Crippen molar-refractivity contribution < 1.29 is 9.53 Å². The Balaban J connectivity index is 1.50. The number of hydrogen-bond donors (Lipinski definition) is 1. The molecule has 1 saturated heterocycles. The number of carbonyl (C=O) groups excluding carboxylic acids is 1. The molecule has 2 heterocycles. The normalized spacial score (nSPS) is 18.2. The van der Waals surface area contributed by atoms with Crippen LogP contribution in [0.3, 0.4) is 0 Å². The zero-order valence-electron chi connectivity index (χ0n) is 14.3. The summed E-state index contributed by atoms with van der Waals surface area (Å²) in [5.74, 6) is 1.25. The van der Waals surface area contributed by atoms with Crippen molar-refractivity contribution in [2.24, 2.45) is 5.92 Å². The number of nitrogens with zero attached hydrogens (tertiary/aromatic N) is 1. The van der Waals surface area contributed by atoms with Gasteiger partial charge in [-0.1, -0.05) is 25.4 Å². The molecule has 0 aliphatic carbocycles. The van der Waals surface area contributed by atoms with Crippen LogP contribution in [-0.2, 0) is 4.79 Å². The SMILES string of the molecule is CC(C)C(=O)N1CCC(NCC2=Cc3cc(Cl)ccc3OC2)CC1. The summed E-state index contributed by atoms with van der Waals surface area (Å²) < 4.78 is 5.79.